The highest BCUT2D eigenvalue weighted by Gasteiger charge is 2.24. The highest BCUT2D eigenvalue weighted by Crippen LogP contribution is 2.28. The zero-order chi connectivity index (χ0) is 13.7. The van der Waals surface area contributed by atoms with Crippen LogP contribution in [0.4, 0.5) is 0 Å². The Hall–Kier alpha value is -1.59. The van der Waals surface area contributed by atoms with E-state index in [2.05, 4.69) is 0 Å². The van der Waals surface area contributed by atoms with E-state index in [1.165, 1.54) is 0 Å². The zero-order valence-corrected chi connectivity index (χ0v) is 10.4. The van der Waals surface area contributed by atoms with Crippen molar-refractivity contribution in [3.05, 3.63) is 29.8 Å². The Balaban J connectivity index is 2.90. The Morgan fingerprint density at radius 2 is 1.89 bits per heavy atom. The average Bonchev–Trinajstić information content (AvgIpc) is 2.27. The van der Waals surface area contributed by atoms with E-state index >= 15 is 0 Å². The second-order valence-corrected chi connectivity index (χ2v) is 4.31. The summed E-state index contributed by atoms with van der Waals surface area (Å²) in [5, 5.41) is 28.1. The van der Waals surface area contributed by atoms with Gasteiger partial charge in [-0.3, -0.25) is 4.79 Å². The first-order chi connectivity index (χ1) is 8.41. The minimum atomic E-state index is -1.36. The van der Waals surface area contributed by atoms with Gasteiger partial charge in [0.1, 0.15) is 11.9 Å². The number of carboxylic acids is 1. The standard InChI is InChI=1S/C13H18O5/c1-8(2)18-11-6-4-3-5-9(11)13(17)10(14)7-12(15)16/h3-6,8,10,13-14,17H,7H2,1-2H3,(H,15,16). The molecular weight excluding hydrogens is 236 g/mol. The molecule has 0 aromatic heterocycles. The molecule has 0 aliphatic carbocycles. The Labute approximate surface area is 106 Å². The number of aliphatic carboxylic acids is 1. The number of ether oxygens (including phenoxy) is 1. The van der Waals surface area contributed by atoms with Gasteiger partial charge in [-0.15, -0.1) is 0 Å². The molecule has 1 aromatic rings. The van der Waals surface area contributed by atoms with E-state index in [1.807, 2.05) is 13.8 Å². The van der Waals surface area contributed by atoms with Gasteiger partial charge in [-0.05, 0) is 19.9 Å². The fourth-order valence-corrected chi connectivity index (χ4v) is 1.58. The third kappa shape index (κ3) is 4.01. The van der Waals surface area contributed by atoms with Gasteiger partial charge in [0.15, 0.2) is 0 Å². The fourth-order valence-electron chi connectivity index (χ4n) is 1.58. The highest BCUT2D eigenvalue weighted by atomic mass is 16.5. The van der Waals surface area contributed by atoms with Crippen molar-refractivity contribution in [3.8, 4) is 5.75 Å². The molecule has 2 unspecified atom stereocenters. The lowest BCUT2D eigenvalue weighted by Gasteiger charge is -2.20. The van der Waals surface area contributed by atoms with E-state index in [0.717, 1.165) is 0 Å². The molecule has 0 saturated heterocycles. The molecule has 0 bridgehead atoms. The van der Waals surface area contributed by atoms with Crippen LogP contribution in [0.5, 0.6) is 5.75 Å². The fraction of sp³-hybridized carbons (Fsp3) is 0.462. The van der Waals surface area contributed by atoms with Crippen molar-refractivity contribution in [1.82, 2.24) is 0 Å². The maximum atomic E-state index is 10.5. The zero-order valence-electron chi connectivity index (χ0n) is 10.4. The van der Waals surface area contributed by atoms with E-state index in [-0.39, 0.29) is 6.10 Å². The molecule has 0 radical (unpaired) electrons. The Morgan fingerprint density at radius 3 is 2.44 bits per heavy atom. The molecule has 0 aliphatic rings. The summed E-state index contributed by atoms with van der Waals surface area (Å²) in [5.74, 6) is -0.715. The first kappa shape index (κ1) is 14.5. The molecule has 5 heteroatoms. The minimum absolute atomic E-state index is 0.0741. The van der Waals surface area contributed by atoms with Crippen LogP contribution in [0.15, 0.2) is 24.3 Å². The summed E-state index contributed by atoms with van der Waals surface area (Å²) >= 11 is 0. The van der Waals surface area contributed by atoms with Gasteiger partial charge in [-0.25, -0.2) is 0 Å². The van der Waals surface area contributed by atoms with Crippen LogP contribution < -0.4 is 4.74 Å². The topological polar surface area (TPSA) is 87.0 Å². The van der Waals surface area contributed by atoms with E-state index in [1.54, 1.807) is 24.3 Å². The molecule has 3 N–H and O–H groups in total. The monoisotopic (exact) mass is 254 g/mol. The summed E-state index contributed by atoms with van der Waals surface area (Å²) in [5.41, 5.74) is 0.389. The van der Waals surface area contributed by atoms with Crippen LogP contribution in [0.1, 0.15) is 31.9 Å². The summed E-state index contributed by atoms with van der Waals surface area (Å²) in [6, 6.07) is 6.72. The maximum Gasteiger partial charge on any atom is 0.306 e. The summed E-state index contributed by atoms with van der Waals surface area (Å²) in [7, 11) is 0. The van der Waals surface area contributed by atoms with Crippen molar-refractivity contribution in [2.45, 2.75) is 38.6 Å². The lowest BCUT2D eigenvalue weighted by molar-refractivity contribution is -0.141. The number of aliphatic hydroxyl groups is 2. The molecule has 0 fully saturated rings. The van der Waals surface area contributed by atoms with Gasteiger partial charge >= 0.3 is 5.97 Å². The molecule has 0 spiro atoms. The van der Waals surface area contributed by atoms with Gasteiger partial charge < -0.3 is 20.1 Å². The molecule has 2 atom stereocenters. The Morgan fingerprint density at radius 1 is 1.28 bits per heavy atom. The van der Waals surface area contributed by atoms with Crippen molar-refractivity contribution in [2.75, 3.05) is 0 Å². The molecule has 18 heavy (non-hydrogen) atoms. The van der Waals surface area contributed by atoms with Crippen molar-refractivity contribution < 1.29 is 24.9 Å². The van der Waals surface area contributed by atoms with E-state index in [4.69, 9.17) is 9.84 Å². The van der Waals surface area contributed by atoms with Gasteiger partial charge in [0.2, 0.25) is 0 Å². The van der Waals surface area contributed by atoms with Gasteiger partial charge in [-0.2, -0.15) is 0 Å². The predicted molar refractivity (Wildman–Crippen MR) is 65.4 cm³/mol. The van der Waals surface area contributed by atoms with Gasteiger partial charge in [0.05, 0.1) is 18.6 Å². The minimum Gasteiger partial charge on any atom is -0.491 e. The van der Waals surface area contributed by atoms with Gasteiger partial charge in [0, 0.05) is 5.56 Å². The Bertz CT molecular complexity index is 402. The summed E-state index contributed by atoms with van der Waals surface area (Å²) in [4.78, 5) is 10.5. The molecule has 0 amide bonds. The van der Waals surface area contributed by atoms with Crippen LogP contribution >= 0.6 is 0 Å². The van der Waals surface area contributed by atoms with Gasteiger partial charge in [-0.1, -0.05) is 18.2 Å². The predicted octanol–water partition coefficient (Wildman–Crippen LogP) is 1.34. The van der Waals surface area contributed by atoms with Crippen molar-refractivity contribution in [1.29, 1.82) is 0 Å². The molecule has 0 saturated carbocycles. The summed E-state index contributed by atoms with van der Waals surface area (Å²) in [6.07, 6.45) is -3.23. The number of para-hydroxylation sites is 1. The number of carboxylic acid groups (broad SMARTS) is 1. The third-order valence-electron chi connectivity index (χ3n) is 2.35. The van der Waals surface area contributed by atoms with Gasteiger partial charge in [0.25, 0.3) is 0 Å². The first-order valence-electron chi connectivity index (χ1n) is 5.75. The quantitative estimate of drug-likeness (QED) is 0.713. The molecule has 1 aromatic carbocycles. The number of carbonyl (C=O) groups is 1. The molecular formula is C13H18O5. The second kappa shape index (κ2) is 6.37. The number of hydrogen-bond acceptors (Lipinski definition) is 4. The lowest BCUT2D eigenvalue weighted by Crippen LogP contribution is -2.22. The van der Waals surface area contributed by atoms with Crippen LogP contribution in [0.3, 0.4) is 0 Å². The summed E-state index contributed by atoms with van der Waals surface area (Å²) < 4.78 is 5.50. The average molecular weight is 254 g/mol. The second-order valence-electron chi connectivity index (χ2n) is 4.31. The number of aliphatic hydroxyl groups excluding tert-OH is 2. The van der Waals surface area contributed by atoms with Crippen LogP contribution in [0.2, 0.25) is 0 Å². The SMILES string of the molecule is CC(C)Oc1ccccc1C(O)C(O)CC(=O)O. The first-order valence-corrected chi connectivity index (χ1v) is 5.75. The molecule has 5 nitrogen and oxygen atoms in total. The Kier molecular flexibility index (Phi) is 5.12. The van der Waals surface area contributed by atoms with Crippen LogP contribution in [-0.2, 0) is 4.79 Å². The number of hydrogen-bond donors (Lipinski definition) is 3. The highest BCUT2D eigenvalue weighted by molar-refractivity contribution is 5.67. The smallest absolute Gasteiger partial charge is 0.306 e. The van der Waals surface area contributed by atoms with E-state index in [0.29, 0.717) is 11.3 Å². The molecule has 0 heterocycles. The van der Waals surface area contributed by atoms with E-state index in [9.17, 15) is 15.0 Å². The third-order valence-corrected chi connectivity index (χ3v) is 2.35. The number of benzene rings is 1. The van der Waals surface area contributed by atoms with Crippen molar-refractivity contribution in [2.24, 2.45) is 0 Å². The normalized spacial score (nSPS) is 14.3. The molecule has 100 valence electrons. The molecule has 0 aliphatic heterocycles. The van der Waals surface area contributed by atoms with E-state index < -0.39 is 24.6 Å². The van der Waals surface area contributed by atoms with Crippen molar-refractivity contribution in [3.63, 3.8) is 0 Å². The van der Waals surface area contributed by atoms with Crippen LogP contribution in [0.25, 0.3) is 0 Å². The van der Waals surface area contributed by atoms with Crippen LogP contribution in [0, 0.1) is 0 Å². The number of rotatable bonds is 6. The largest absolute Gasteiger partial charge is 0.491 e. The van der Waals surface area contributed by atoms with Crippen molar-refractivity contribution >= 4 is 5.97 Å². The van der Waals surface area contributed by atoms with Crippen LogP contribution in [-0.4, -0.2) is 33.5 Å². The lowest BCUT2D eigenvalue weighted by atomic mass is 10.0. The maximum absolute atomic E-state index is 10.5. The molecule has 1 rings (SSSR count). The summed E-state index contributed by atoms with van der Waals surface area (Å²) in [6.45, 7) is 3.69.